The minimum atomic E-state index is 0.645. The van der Waals surface area contributed by atoms with Crippen LogP contribution < -0.4 is 5.73 Å². The van der Waals surface area contributed by atoms with Gasteiger partial charge in [0.15, 0.2) is 0 Å². The highest BCUT2D eigenvalue weighted by Gasteiger charge is 1.98. The predicted octanol–water partition coefficient (Wildman–Crippen LogP) is 2.30. The smallest absolute Gasteiger partial charge is 0.0634 e. The van der Waals surface area contributed by atoms with Crippen molar-refractivity contribution in [2.24, 2.45) is 5.73 Å². The molecule has 2 N–H and O–H groups in total. The van der Waals surface area contributed by atoms with Gasteiger partial charge in [-0.05, 0) is 19.4 Å². The molecule has 1 rings (SSSR count). The van der Waals surface area contributed by atoms with Gasteiger partial charge in [0.25, 0.3) is 0 Å². The van der Waals surface area contributed by atoms with Crippen molar-refractivity contribution in [3.05, 3.63) is 34.5 Å². The molecule has 0 aliphatic heterocycles. The van der Waals surface area contributed by atoms with Gasteiger partial charge in [0.2, 0.25) is 0 Å². The SMILES string of the molecule is CC1=CCC=C(N)C(Cl)=C1. The third kappa shape index (κ3) is 1.64. The first kappa shape index (κ1) is 7.42. The molecule has 0 aromatic carbocycles. The first-order valence-electron chi connectivity index (χ1n) is 3.20. The quantitative estimate of drug-likeness (QED) is 0.571. The second-order valence-electron chi connectivity index (χ2n) is 2.34. The first-order chi connectivity index (χ1) is 4.70. The zero-order chi connectivity index (χ0) is 7.56. The predicted molar refractivity (Wildman–Crippen MR) is 44.6 cm³/mol. The Morgan fingerprint density at radius 1 is 1.50 bits per heavy atom. The number of halogens is 1. The Hall–Kier alpha value is -0.690. The van der Waals surface area contributed by atoms with Crippen molar-refractivity contribution in [2.45, 2.75) is 13.3 Å². The fourth-order valence-corrected chi connectivity index (χ4v) is 1.06. The van der Waals surface area contributed by atoms with E-state index in [1.165, 1.54) is 5.57 Å². The van der Waals surface area contributed by atoms with Crippen LogP contribution in [0.15, 0.2) is 34.5 Å². The van der Waals surface area contributed by atoms with Gasteiger partial charge in [0, 0.05) is 5.70 Å². The van der Waals surface area contributed by atoms with Crippen LogP contribution in [0.1, 0.15) is 13.3 Å². The molecule has 1 nitrogen and oxygen atoms in total. The van der Waals surface area contributed by atoms with Gasteiger partial charge in [0.1, 0.15) is 0 Å². The van der Waals surface area contributed by atoms with E-state index in [0.29, 0.717) is 10.7 Å². The van der Waals surface area contributed by atoms with E-state index in [9.17, 15) is 0 Å². The highest BCUT2D eigenvalue weighted by atomic mass is 35.5. The molecule has 0 aromatic heterocycles. The Bertz CT molecular complexity index is 223. The molecule has 1 aliphatic carbocycles. The average Bonchev–Trinajstić information content (AvgIpc) is 1.96. The zero-order valence-corrected chi connectivity index (χ0v) is 6.65. The molecule has 2 heteroatoms. The molecule has 0 unspecified atom stereocenters. The van der Waals surface area contributed by atoms with Crippen LogP contribution in [-0.2, 0) is 0 Å². The largest absolute Gasteiger partial charge is 0.398 e. The minimum absolute atomic E-state index is 0.645. The molecule has 0 heterocycles. The van der Waals surface area contributed by atoms with Crippen molar-refractivity contribution in [2.75, 3.05) is 0 Å². The van der Waals surface area contributed by atoms with Gasteiger partial charge in [-0.1, -0.05) is 29.3 Å². The van der Waals surface area contributed by atoms with Gasteiger partial charge in [-0.3, -0.25) is 0 Å². The molecule has 0 amide bonds. The van der Waals surface area contributed by atoms with Crippen molar-refractivity contribution in [3.63, 3.8) is 0 Å². The summed E-state index contributed by atoms with van der Waals surface area (Å²) in [5, 5.41) is 0.645. The maximum atomic E-state index is 5.79. The third-order valence-corrected chi connectivity index (χ3v) is 1.74. The lowest BCUT2D eigenvalue weighted by Crippen LogP contribution is -1.95. The second-order valence-corrected chi connectivity index (χ2v) is 2.74. The van der Waals surface area contributed by atoms with Gasteiger partial charge >= 0.3 is 0 Å². The molecule has 0 aromatic rings. The molecule has 0 saturated carbocycles. The number of allylic oxidation sites excluding steroid dienone is 5. The van der Waals surface area contributed by atoms with Crippen LogP contribution in [0, 0.1) is 0 Å². The Labute approximate surface area is 65.9 Å². The van der Waals surface area contributed by atoms with E-state index in [1.54, 1.807) is 0 Å². The van der Waals surface area contributed by atoms with Gasteiger partial charge in [-0.25, -0.2) is 0 Å². The van der Waals surface area contributed by atoms with Crippen molar-refractivity contribution >= 4 is 11.6 Å². The number of hydrogen-bond acceptors (Lipinski definition) is 1. The monoisotopic (exact) mass is 155 g/mol. The van der Waals surface area contributed by atoms with Gasteiger partial charge < -0.3 is 5.73 Å². The lowest BCUT2D eigenvalue weighted by molar-refractivity contribution is 1.29. The summed E-state index contributed by atoms with van der Waals surface area (Å²) in [6, 6.07) is 0. The van der Waals surface area contributed by atoms with E-state index < -0.39 is 0 Å². The fraction of sp³-hybridized carbons (Fsp3) is 0.250. The molecular weight excluding hydrogens is 146 g/mol. The summed E-state index contributed by atoms with van der Waals surface area (Å²) in [4.78, 5) is 0. The number of rotatable bonds is 0. The summed E-state index contributed by atoms with van der Waals surface area (Å²) in [6.07, 6.45) is 6.75. The molecule has 10 heavy (non-hydrogen) atoms. The van der Waals surface area contributed by atoms with Crippen LogP contribution >= 0.6 is 11.6 Å². The zero-order valence-electron chi connectivity index (χ0n) is 5.89. The summed E-state index contributed by atoms with van der Waals surface area (Å²) in [5.41, 5.74) is 7.41. The van der Waals surface area contributed by atoms with Crippen LogP contribution in [0.3, 0.4) is 0 Å². The Balaban J connectivity index is 2.92. The number of nitrogens with two attached hydrogens (primary N) is 1. The summed E-state index contributed by atoms with van der Waals surface area (Å²) in [5.74, 6) is 0. The Morgan fingerprint density at radius 2 is 2.20 bits per heavy atom. The van der Waals surface area contributed by atoms with Gasteiger partial charge in [-0.2, -0.15) is 0 Å². The van der Waals surface area contributed by atoms with Gasteiger partial charge in [0.05, 0.1) is 5.03 Å². The van der Waals surface area contributed by atoms with Gasteiger partial charge in [-0.15, -0.1) is 0 Å². The van der Waals surface area contributed by atoms with Crippen molar-refractivity contribution < 1.29 is 0 Å². The Kier molecular flexibility index (Phi) is 2.17. The molecular formula is C8H10ClN. The van der Waals surface area contributed by atoms with Crippen LogP contribution in [0.4, 0.5) is 0 Å². The van der Waals surface area contributed by atoms with Crippen LogP contribution in [-0.4, -0.2) is 0 Å². The molecule has 54 valence electrons. The van der Waals surface area contributed by atoms with E-state index >= 15 is 0 Å². The summed E-state index contributed by atoms with van der Waals surface area (Å²) in [7, 11) is 0. The lowest BCUT2D eigenvalue weighted by atomic mass is 10.2. The minimum Gasteiger partial charge on any atom is -0.398 e. The first-order valence-corrected chi connectivity index (χ1v) is 3.58. The van der Waals surface area contributed by atoms with Crippen molar-refractivity contribution in [3.8, 4) is 0 Å². The normalized spacial score (nSPS) is 18.8. The summed E-state index contributed by atoms with van der Waals surface area (Å²) < 4.78 is 0. The summed E-state index contributed by atoms with van der Waals surface area (Å²) >= 11 is 5.79. The van der Waals surface area contributed by atoms with E-state index in [1.807, 2.05) is 19.1 Å². The second kappa shape index (κ2) is 2.93. The molecule has 0 bridgehead atoms. The van der Waals surface area contributed by atoms with E-state index in [4.69, 9.17) is 17.3 Å². The van der Waals surface area contributed by atoms with Crippen LogP contribution in [0.2, 0.25) is 0 Å². The highest BCUT2D eigenvalue weighted by molar-refractivity contribution is 6.32. The van der Waals surface area contributed by atoms with E-state index in [0.717, 1.165) is 6.42 Å². The van der Waals surface area contributed by atoms with E-state index in [-0.39, 0.29) is 0 Å². The molecule has 0 fully saturated rings. The average molecular weight is 156 g/mol. The summed E-state index contributed by atoms with van der Waals surface area (Å²) in [6.45, 7) is 2.01. The standard InChI is InChI=1S/C8H10ClN/c1-6-3-2-4-8(10)7(9)5-6/h3-5H,2,10H2,1H3. The maximum Gasteiger partial charge on any atom is 0.0634 e. The molecule has 0 saturated heterocycles. The lowest BCUT2D eigenvalue weighted by Gasteiger charge is -1.94. The molecule has 0 spiro atoms. The third-order valence-electron chi connectivity index (χ3n) is 1.41. The van der Waals surface area contributed by atoms with Crippen molar-refractivity contribution in [1.82, 2.24) is 0 Å². The van der Waals surface area contributed by atoms with E-state index in [2.05, 4.69) is 6.08 Å². The van der Waals surface area contributed by atoms with Crippen LogP contribution in [0.25, 0.3) is 0 Å². The van der Waals surface area contributed by atoms with Crippen LogP contribution in [0.5, 0.6) is 0 Å². The molecule has 0 atom stereocenters. The molecule has 1 aliphatic rings. The molecule has 0 radical (unpaired) electrons. The van der Waals surface area contributed by atoms with Crippen molar-refractivity contribution in [1.29, 1.82) is 0 Å². The fourth-order valence-electron chi connectivity index (χ4n) is 0.811. The highest BCUT2D eigenvalue weighted by Crippen LogP contribution is 2.17. The topological polar surface area (TPSA) is 26.0 Å². The number of hydrogen-bond donors (Lipinski definition) is 1. The maximum absolute atomic E-state index is 5.79. The Morgan fingerprint density at radius 3 is 2.90 bits per heavy atom.